The lowest BCUT2D eigenvalue weighted by Crippen LogP contribution is -2.42. The second-order valence-corrected chi connectivity index (χ2v) is 6.34. The number of aryl methyl sites for hydroxylation is 1. The standard InChI is InChI=1S/C16H20BrNO4/c1-22-14-6-4-11(9-13(14)17)5-7-15(19)18-8-2-3-12(10-18)16(20)21/h4,6,9,12H,2-3,5,7-8,10H2,1H3,(H,20,21)/t12-/m0/s1. The van der Waals surface area contributed by atoms with Gasteiger partial charge in [-0.3, -0.25) is 9.59 Å². The molecule has 0 bridgehead atoms. The van der Waals surface area contributed by atoms with Crippen LogP contribution in [0.1, 0.15) is 24.8 Å². The zero-order chi connectivity index (χ0) is 16.1. The third-order valence-corrected chi connectivity index (χ3v) is 4.59. The second kappa shape index (κ2) is 7.63. The maximum Gasteiger partial charge on any atom is 0.308 e. The third kappa shape index (κ3) is 4.22. The summed E-state index contributed by atoms with van der Waals surface area (Å²) >= 11 is 3.43. The average molecular weight is 370 g/mol. The van der Waals surface area contributed by atoms with Crippen molar-refractivity contribution in [3.05, 3.63) is 28.2 Å². The molecule has 1 aromatic carbocycles. The van der Waals surface area contributed by atoms with E-state index in [1.165, 1.54) is 0 Å². The van der Waals surface area contributed by atoms with Crippen LogP contribution in [0.15, 0.2) is 22.7 Å². The Bertz CT molecular complexity index is 561. The second-order valence-electron chi connectivity index (χ2n) is 5.49. The molecule has 120 valence electrons. The highest BCUT2D eigenvalue weighted by Crippen LogP contribution is 2.26. The van der Waals surface area contributed by atoms with Crippen LogP contribution in [0.25, 0.3) is 0 Å². The summed E-state index contributed by atoms with van der Waals surface area (Å²) in [5.74, 6) is -0.447. The quantitative estimate of drug-likeness (QED) is 0.866. The summed E-state index contributed by atoms with van der Waals surface area (Å²) in [5.41, 5.74) is 1.05. The Balaban J connectivity index is 1.89. The van der Waals surface area contributed by atoms with E-state index >= 15 is 0 Å². The SMILES string of the molecule is COc1ccc(CCC(=O)N2CCC[C@H](C(=O)O)C2)cc1Br. The number of carboxylic acid groups (broad SMARTS) is 1. The van der Waals surface area contributed by atoms with Crippen molar-refractivity contribution in [1.29, 1.82) is 0 Å². The van der Waals surface area contributed by atoms with E-state index in [2.05, 4.69) is 15.9 Å². The molecule has 0 unspecified atom stereocenters. The van der Waals surface area contributed by atoms with Crippen LogP contribution in [0.3, 0.4) is 0 Å². The van der Waals surface area contributed by atoms with Crippen LogP contribution in [0.2, 0.25) is 0 Å². The normalized spacial score (nSPS) is 18.1. The van der Waals surface area contributed by atoms with E-state index in [0.29, 0.717) is 32.4 Å². The van der Waals surface area contributed by atoms with E-state index in [9.17, 15) is 9.59 Å². The fourth-order valence-corrected chi connectivity index (χ4v) is 3.27. The van der Waals surface area contributed by atoms with Gasteiger partial charge in [-0.2, -0.15) is 0 Å². The summed E-state index contributed by atoms with van der Waals surface area (Å²) in [4.78, 5) is 25.0. The van der Waals surface area contributed by atoms with Gasteiger partial charge in [0.2, 0.25) is 5.91 Å². The Labute approximate surface area is 138 Å². The molecule has 5 nitrogen and oxygen atoms in total. The van der Waals surface area contributed by atoms with Crippen LogP contribution in [-0.2, 0) is 16.0 Å². The Morgan fingerprint density at radius 3 is 2.86 bits per heavy atom. The van der Waals surface area contributed by atoms with Crippen LogP contribution in [0.5, 0.6) is 5.75 Å². The van der Waals surface area contributed by atoms with Gasteiger partial charge in [0.15, 0.2) is 0 Å². The molecular weight excluding hydrogens is 350 g/mol. The van der Waals surface area contributed by atoms with Gasteiger partial charge in [0.05, 0.1) is 17.5 Å². The number of carboxylic acids is 1. The van der Waals surface area contributed by atoms with Crippen molar-refractivity contribution in [2.45, 2.75) is 25.7 Å². The molecule has 0 aromatic heterocycles. The molecule has 0 radical (unpaired) electrons. The number of hydrogen-bond acceptors (Lipinski definition) is 3. The van der Waals surface area contributed by atoms with Gasteiger partial charge < -0.3 is 14.7 Å². The molecule has 1 aliphatic rings. The topological polar surface area (TPSA) is 66.8 Å². The minimum atomic E-state index is -0.809. The molecule has 1 atom stereocenters. The first-order valence-corrected chi connectivity index (χ1v) is 8.13. The Kier molecular flexibility index (Phi) is 5.83. The first kappa shape index (κ1) is 16.8. The lowest BCUT2D eigenvalue weighted by Gasteiger charge is -2.30. The van der Waals surface area contributed by atoms with Gasteiger partial charge in [-0.05, 0) is 52.9 Å². The van der Waals surface area contributed by atoms with Crippen molar-refractivity contribution in [2.24, 2.45) is 5.92 Å². The number of methoxy groups -OCH3 is 1. The zero-order valence-electron chi connectivity index (χ0n) is 12.5. The molecule has 1 aromatic rings. The molecule has 2 rings (SSSR count). The summed E-state index contributed by atoms with van der Waals surface area (Å²) in [6.45, 7) is 0.995. The molecule has 0 spiro atoms. The molecule has 0 saturated carbocycles. The fourth-order valence-electron chi connectivity index (χ4n) is 2.68. The van der Waals surface area contributed by atoms with Gasteiger partial charge in [0.1, 0.15) is 5.75 Å². The van der Waals surface area contributed by atoms with E-state index in [1.54, 1.807) is 12.0 Å². The van der Waals surface area contributed by atoms with Crippen LogP contribution >= 0.6 is 15.9 Å². The molecule has 22 heavy (non-hydrogen) atoms. The first-order valence-electron chi connectivity index (χ1n) is 7.34. The highest BCUT2D eigenvalue weighted by atomic mass is 79.9. The number of likely N-dealkylation sites (tertiary alicyclic amines) is 1. The van der Waals surface area contributed by atoms with Gasteiger partial charge in [0.25, 0.3) is 0 Å². The maximum atomic E-state index is 12.2. The molecular formula is C16H20BrNO4. The minimum absolute atomic E-state index is 0.0258. The van der Waals surface area contributed by atoms with E-state index in [0.717, 1.165) is 22.2 Å². The smallest absolute Gasteiger partial charge is 0.308 e. The van der Waals surface area contributed by atoms with E-state index in [-0.39, 0.29) is 5.91 Å². The van der Waals surface area contributed by atoms with Crippen molar-refractivity contribution in [3.63, 3.8) is 0 Å². The predicted molar refractivity (Wildman–Crippen MR) is 86.0 cm³/mol. The van der Waals surface area contributed by atoms with Crippen molar-refractivity contribution in [1.82, 2.24) is 4.90 Å². The largest absolute Gasteiger partial charge is 0.496 e. The van der Waals surface area contributed by atoms with Crippen molar-refractivity contribution in [3.8, 4) is 5.75 Å². The Morgan fingerprint density at radius 1 is 1.45 bits per heavy atom. The number of nitrogens with zero attached hydrogens (tertiary/aromatic N) is 1. The third-order valence-electron chi connectivity index (χ3n) is 3.97. The number of carbonyl (C=O) groups excluding carboxylic acids is 1. The molecule has 1 amide bonds. The number of ether oxygens (including phenoxy) is 1. The molecule has 0 aliphatic carbocycles. The van der Waals surface area contributed by atoms with E-state index in [1.807, 2.05) is 18.2 Å². The summed E-state index contributed by atoms with van der Waals surface area (Å²) in [5, 5.41) is 9.07. The molecule has 1 aliphatic heterocycles. The molecule has 1 heterocycles. The summed E-state index contributed by atoms with van der Waals surface area (Å²) in [7, 11) is 1.61. The first-order chi connectivity index (χ1) is 10.5. The number of piperidine rings is 1. The average Bonchev–Trinajstić information content (AvgIpc) is 2.52. The number of aliphatic carboxylic acids is 1. The Hall–Kier alpha value is -1.56. The summed E-state index contributed by atoms with van der Waals surface area (Å²) < 4.78 is 6.04. The van der Waals surface area contributed by atoms with Crippen molar-refractivity contribution < 1.29 is 19.4 Å². The highest BCUT2D eigenvalue weighted by Gasteiger charge is 2.27. The fraction of sp³-hybridized carbons (Fsp3) is 0.500. The number of benzene rings is 1. The number of hydrogen-bond donors (Lipinski definition) is 1. The lowest BCUT2D eigenvalue weighted by atomic mass is 9.97. The lowest BCUT2D eigenvalue weighted by molar-refractivity contribution is -0.145. The monoisotopic (exact) mass is 369 g/mol. The maximum absolute atomic E-state index is 12.2. The number of amides is 1. The van der Waals surface area contributed by atoms with Crippen LogP contribution in [0.4, 0.5) is 0 Å². The number of carbonyl (C=O) groups is 2. The van der Waals surface area contributed by atoms with Gasteiger partial charge in [-0.15, -0.1) is 0 Å². The van der Waals surface area contributed by atoms with E-state index < -0.39 is 11.9 Å². The summed E-state index contributed by atoms with van der Waals surface area (Å²) in [6.07, 6.45) is 2.45. The number of halogens is 1. The van der Waals surface area contributed by atoms with Gasteiger partial charge in [0, 0.05) is 19.5 Å². The minimum Gasteiger partial charge on any atom is -0.496 e. The summed E-state index contributed by atoms with van der Waals surface area (Å²) in [6, 6.07) is 5.75. The van der Waals surface area contributed by atoms with E-state index in [4.69, 9.17) is 9.84 Å². The van der Waals surface area contributed by atoms with Crippen LogP contribution < -0.4 is 4.74 Å². The van der Waals surface area contributed by atoms with Crippen molar-refractivity contribution >= 4 is 27.8 Å². The van der Waals surface area contributed by atoms with Gasteiger partial charge in [-0.25, -0.2) is 0 Å². The highest BCUT2D eigenvalue weighted by molar-refractivity contribution is 9.10. The zero-order valence-corrected chi connectivity index (χ0v) is 14.1. The molecule has 1 N–H and O–H groups in total. The predicted octanol–water partition coefficient (Wildman–Crippen LogP) is 2.71. The molecule has 6 heteroatoms. The molecule has 1 saturated heterocycles. The van der Waals surface area contributed by atoms with Gasteiger partial charge in [-0.1, -0.05) is 6.07 Å². The van der Waals surface area contributed by atoms with Gasteiger partial charge >= 0.3 is 5.97 Å². The Morgan fingerprint density at radius 2 is 2.23 bits per heavy atom. The molecule has 1 fully saturated rings. The van der Waals surface area contributed by atoms with Crippen LogP contribution in [-0.4, -0.2) is 42.1 Å². The van der Waals surface area contributed by atoms with Crippen LogP contribution in [0, 0.1) is 5.92 Å². The van der Waals surface area contributed by atoms with Crippen molar-refractivity contribution in [2.75, 3.05) is 20.2 Å². The number of rotatable bonds is 5.